The van der Waals surface area contributed by atoms with Crippen molar-refractivity contribution in [3.63, 3.8) is 0 Å². The highest BCUT2D eigenvalue weighted by atomic mass is 16.5. The second-order valence-electron chi connectivity index (χ2n) is 3.69. The van der Waals surface area contributed by atoms with Crippen molar-refractivity contribution in [3.8, 4) is 5.75 Å². The summed E-state index contributed by atoms with van der Waals surface area (Å²) in [7, 11) is 1.66. The van der Waals surface area contributed by atoms with Gasteiger partial charge in [0, 0.05) is 13.1 Å². The van der Waals surface area contributed by atoms with Crippen molar-refractivity contribution in [2.75, 3.05) is 26.7 Å². The maximum absolute atomic E-state index is 9.22. The van der Waals surface area contributed by atoms with Gasteiger partial charge in [-0.15, -0.1) is 0 Å². The fraction of sp³-hybridized carbons (Fsp3) is 0.500. The molecule has 0 aliphatic heterocycles. The maximum atomic E-state index is 9.22. The van der Waals surface area contributed by atoms with E-state index in [9.17, 15) is 5.11 Å². The van der Waals surface area contributed by atoms with Crippen LogP contribution in [-0.2, 0) is 6.42 Å². The molecule has 0 amide bonds. The van der Waals surface area contributed by atoms with E-state index in [2.05, 4.69) is 5.32 Å². The second-order valence-corrected chi connectivity index (χ2v) is 3.69. The predicted molar refractivity (Wildman–Crippen MR) is 64.6 cm³/mol. The number of benzene rings is 1. The molecular formula is C12H20N2O2. The van der Waals surface area contributed by atoms with Crippen LogP contribution in [0.1, 0.15) is 5.56 Å². The molecule has 4 N–H and O–H groups in total. The second kappa shape index (κ2) is 7.22. The molecule has 0 saturated heterocycles. The minimum atomic E-state index is -0.448. The minimum Gasteiger partial charge on any atom is -0.497 e. The van der Waals surface area contributed by atoms with Gasteiger partial charge >= 0.3 is 0 Å². The van der Waals surface area contributed by atoms with Crippen molar-refractivity contribution in [2.45, 2.75) is 12.5 Å². The predicted octanol–water partition coefficient (Wildman–Crippen LogP) is 0.147. The lowest BCUT2D eigenvalue weighted by molar-refractivity contribution is 0.180. The standard InChI is InChI=1S/C12H20N2O2/c1-16-12-4-2-10(3-5-12)6-7-14-9-11(15)8-13/h2-5,11,14-15H,6-9,13H2,1H3. The fourth-order valence-electron chi connectivity index (χ4n) is 1.38. The van der Waals surface area contributed by atoms with Crippen LogP contribution >= 0.6 is 0 Å². The highest BCUT2D eigenvalue weighted by Gasteiger charge is 1.99. The summed E-state index contributed by atoms with van der Waals surface area (Å²) in [5.74, 6) is 0.871. The fourth-order valence-corrected chi connectivity index (χ4v) is 1.38. The van der Waals surface area contributed by atoms with Gasteiger partial charge in [0.15, 0.2) is 0 Å². The van der Waals surface area contributed by atoms with Crippen LogP contribution < -0.4 is 15.8 Å². The Morgan fingerprint density at radius 3 is 2.62 bits per heavy atom. The molecule has 0 saturated carbocycles. The van der Waals surface area contributed by atoms with Gasteiger partial charge in [0.25, 0.3) is 0 Å². The molecule has 0 aliphatic rings. The molecule has 1 unspecified atom stereocenters. The van der Waals surface area contributed by atoms with Gasteiger partial charge in [-0.2, -0.15) is 0 Å². The zero-order valence-electron chi connectivity index (χ0n) is 9.65. The SMILES string of the molecule is COc1ccc(CCNCC(O)CN)cc1. The van der Waals surface area contributed by atoms with E-state index in [4.69, 9.17) is 10.5 Å². The van der Waals surface area contributed by atoms with Gasteiger partial charge in [-0.3, -0.25) is 0 Å². The van der Waals surface area contributed by atoms with Crippen molar-refractivity contribution in [1.29, 1.82) is 0 Å². The molecule has 0 radical (unpaired) electrons. The molecule has 1 atom stereocenters. The van der Waals surface area contributed by atoms with Crippen LogP contribution in [0.5, 0.6) is 5.75 Å². The van der Waals surface area contributed by atoms with E-state index in [-0.39, 0.29) is 0 Å². The van der Waals surface area contributed by atoms with Crippen LogP contribution in [0, 0.1) is 0 Å². The van der Waals surface area contributed by atoms with Crippen LogP contribution in [0.4, 0.5) is 0 Å². The van der Waals surface area contributed by atoms with Gasteiger partial charge in [-0.25, -0.2) is 0 Å². The summed E-state index contributed by atoms with van der Waals surface area (Å²) in [6.07, 6.45) is 0.484. The number of nitrogens with two attached hydrogens (primary N) is 1. The Bertz CT molecular complexity index is 288. The Kier molecular flexibility index (Phi) is 5.85. The van der Waals surface area contributed by atoms with Gasteiger partial charge in [0.05, 0.1) is 13.2 Å². The van der Waals surface area contributed by atoms with Gasteiger partial charge in [0.1, 0.15) is 5.75 Å². The van der Waals surface area contributed by atoms with Crippen molar-refractivity contribution in [1.82, 2.24) is 5.32 Å². The molecule has 1 aromatic rings. The first-order valence-electron chi connectivity index (χ1n) is 5.48. The summed E-state index contributed by atoms with van der Waals surface area (Å²) in [6, 6.07) is 7.98. The zero-order valence-corrected chi connectivity index (χ0v) is 9.65. The number of ether oxygens (including phenoxy) is 1. The summed E-state index contributed by atoms with van der Waals surface area (Å²) in [5.41, 5.74) is 6.54. The molecule has 4 heteroatoms. The monoisotopic (exact) mass is 224 g/mol. The number of nitrogens with one attached hydrogen (secondary N) is 1. The van der Waals surface area contributed by atoms with E-state index in [0.29, 0.717) is 13.1 Å². The van der Waals surface area contributed by atoms with Crippen molar-refractivity contribution < 1.29 is 9.84 Å². The van der Waals surface area contributed by atoms with Crippen LogP contribution in [-0.4, -0.2) is 38.0 Å². The quantitative estimate of drug-likeness (QED) is 0.577. The Balaban J connectivity index is 2.21. The van der Waals surface area contributed by atoms with Crippen molar-refractivity contribution >= 4 is 0 Å². The van der Waals surface area contributed by atoms with E-state index >= 15 is 0 Å². The van der Waals surface area contributed by atoms with Gasteiger partial charge < -0.3 is 20.9 Å². The molecule has 1 rings (SSSR count). The van der Waals surface area contributed by atoms with Crippen LogP contribution in [0.15, 0.2) is 24.3 Å². The average Bonchev–Trinajstić information content (AvgIpc) is 2.35. The van der Waals surface area contributed by atoms with Gasteiger partial charge in [-0.05, 0) is 30.7 Å². The first-order valence-corrected chi connectivity index (χ1v) is 5.48. The van der Waals surface area contributed by atoms with Crippen LogP contribution in [0.3, 0.4) is 0 Å². The van der Waals surface area contributed by atoms with Gasteiger partial charge in [-0.1, -0.05) is 12.1 Å². The van der Waals surface area contributed by atoms with Gasteiger partial charge in [0.2, 0.25) is 0 Å². The first kappa shape index (κ1) is 13.0. The summed E-state index contributed by atoms with van der Waals surface area (Å²) < 4.78 is 5.08. The third kappa shape index (κ3) is 4.61. The maximum Gasteiger partial charge on any atom is 0.118 e. The molecule has 1 aromatic carbocycles. The number of rotatable bonds is 7. The highest BCUT2D eigenvalue weighted by Crippen LogP contribution is 2.11. The molecule has 16 heavy (non-hydrogen) atoms. The Morgan fingerprint density at radius 2 is 2.06 bits per heavy atom. The summed E-state index contributed by atoms with van der Waals surface area (Å²) in [5, 5.41) is 12.4. The average molecular weight is 224 g/mol. The molecule has 0 bridgehead atoms. The third-order valence-corrected chi connectivity index (χ3v) is 2.40. The highest BCUT2D eigenvalue weighted by molar-refractivity contribution is 5.27. The molecule has 0 aliphatic carbocycles. The molecule has 90 valence electrons. The molecule has 0 heterocycles. The lowest BCUT2D eigenvalue weighted by Crippen LogP contribution is -2.33. The summed E-state index contributed by atoms with van der Waals surface area (Å²) in [4.78, 5) is 0. The number of aliphatic hydroxyl groups is 1. The number of aliphatic hydroxyl groups excluding tert-OH is 1. The number of methoxy groups -OCH3 is 1. The van der Waals surface area contributed by atoms with Crippen LogP contribution in [0.2, 0.25) is 0 Å². The van der Waals surface area contributed by atoms with E-state index in [1.54, 1.807) is 7.11 Å². The van der Waals surface area contributed by atoms with E-state index in [0.717, 1.165) is 18.7 Å². The Labute approximate surface area is 96.4 Å². The lowest BCUT2D eigenvalue weighted by Gasteiger charge is -2.09. The van der Waals surface area contributed by atoms with Crippen molar-refractivity contribution in [2.24, 2.45) is 5.73 Å². The van der Waals surface area contributed by atoms with E-state index in [1.807, 2.05) is 24.3 Å². The molecule has 0 aromatic heterocycles. The molecule has 0 fully saturated rings. The topological polar surface area (TPSA) is 67.5 Å². The first-order chi connectivity index (χ1) is 7.76. The largest absolute Gasteiger partial charge is 0.497 e. The van der Waals surface area contributed by atoms with E-state index < -0.39 is 6.10 Å². The Hall–Kier alpha value is -1.10. The number of hydrogen-bond acceptors (Lipinski definition) is 4. The summed E-state index contributed by atoms with van der Waals surface area (Å²) in [6.45, 7) is 1.69. The molecule has 4 nitrogen and oxygen atoms in total. The minimum absolute atomic E-state index is 0.301. The third-order valence-electron chi connectivity index (χ3n) is 2.40. The summed E-state index contributed by atoms with van der Waals surface area (Å²) >= 11 is 0. The molecular weight excluding hydrogens is 204 g/mol. The van der Waals surface area contributed by atoms with Crippen LogP contribution in [0.25, 0.3) is 0 Å². The Morgan fingerprint density at radius 1 is 1.38 bits per heavy atom. The molecule has 0 spiro atoms. The number of hydrogen-bond donors (Lipinski definition) is 3. The van der Waals surface area contributed by atoms with E-state index in [1.165, 1.54) is 5.56 Å². The zero-order chi connectivity index (χ0) is 11.8. The smallest absolute Gasteiger partial charge is 0.118 e. The lowest BCUT2D eigenvalue weighted by atomic mass is 10.1. The van der Waals surface area contributed by atoms with Crippen molar-refractivity contribution in [3.05, 3.63) is 29.8 Å². The normalized spacial score (nSPS) is 12.4.